The van der Waals surface area contributed by atoms with E-state index in [4.69, 9.17) is 18.8 Å². The minimum Gasteiger partial charge on any atom is -1.00 e. The van der Waals surface area contributed by atoms with Gasteiger partial charge in [-0.25, -0.2) is 9.59 Å². The standard InChI is InChI=1S/C22H36O9S.K.H/c1-17(2)20(23)30-15-19(16-31-21(24)18(3)4)22(25)29-13-11-9-7-5-6-8-10-12-14-32(26,27)28;;/h19H,1,3,5-16H2,2,4H3,(H,26,27,28);;/q;+1;-1. The third-order valence-electron chi connectivity index (χ3n) is 4.40. The van der Waals surface area contributed by atoms with E-state index < -0.39 is 33.9 Å². The second-order valence-corrected chi connectivity index (χ2v) is 9.31. The van der Waals surface area contributed by atoms with Gasteiger partial charge in [-0.1, -0.05) is 51.7 Å². The third-order valence-corrected chi connectivity index (χ3v) is 5.21. The number of esters is 3. The molecule has 0 bridgehead atoms. The molecule has 0 aliphatic rings. The van der Waals surface area contributed by atoms with Crippen LogP contribution in [0, 0.1) is 5.92 Å². The zero-order valence-electron chi connectivity index (χ0n) is 21.1. The maximum atomic E-state index is 12.3. The van der Waals surface area contributed by atoms with E-state index in [0.29, 0.717) is 12.8 Å². The van der Waals surface area contributed by atoms with E-state index in [9.17, 15) is 22.8 Å². The van der Waals surface area contributed by atoms with Gasteiger partial charge in [-0.2, -0.15) is 8.42 Å². The van der Waals surface area contributed by atoms with Crippen LogP contribution in [0.3, 0.4) is 0 Å². The third kappa shape index (κ3) is 20.5. The van der Waals surface area contributed by atoms with Crippen molar-refractivity contribution >= 4 is 28.0 Å². The first kappa shape index (κ1) is 34.6. The smallest absolute Gasteiger partial charge is 1.00 e. The summed E-state index contributed by atoms with van der Waals surface area (Å²) < 4.78 is 45.1. The Bertz CT molecular complexity index is 723. The first-order valence-corrected chi connectivity index (χ1v) is 12.3. The van der Waals surface area contributed by atoms with Crippen LogP contribution in [0.15, 0.2) is 24.3 Å². The van der Waals surface area contributed by atoms with Gasteiger partial charge in [0.2, 0.25) is 0 Å². The Kier molecular flexibility index (Phi) is 20.7. The predicted molar refractivity (Wildman–Crippen MR) is 120 cm³/mol. The molecular formula is C22H37KO9S. The Labute approximate surface area is 241 Å². The van der Waals surface area contributed by atoms with Gasteiger partial charge in [0.25, 0.3) is 10.1 Å². The number of carbonyl (C=O) groups excluding carboxylic acids is 3. The summed E-state index contributed by atoms with van der Waals surface area (Å²) in [5, 5.41) is 0. The van der Waals surface area contributed by atoms with Crippen LogP contribution in [0.5, 0.6) is 0 Å². The molecule has 0 radical (unpaired) electrons. The number of hydrogen-bond donors (Lipinski definition) is 1. The summed E-state index contributed by atoms with van der Waals surface area (Å²) in [6.45, 7) is 9.53. The molecule has 0 aliphatic carbocycles. The van der Waals surface area contributed by atoms with Crippen molar-refractivity contribution in [3.63, 3.8) is 0 Å². The van der Waals surface area contributed by atoms with Crippen molar-refractivity contribution in [2.24, 2.45) is 5.92 Å². The molecule has 0 saturated heterocycles. The minimum absolute atomic E-state index is 0. The van der Waals surface area contributed by atoms with Gasteiger partial charge in [-0.3, -0.25) is 9.35 Å². The van der Waals surface area contributed by atoms with Crippen LogP contribution >= 0.6 is 0 Å². The van der Waals surface area contributed by atoms with E-state index in [1.165, 1.54) is 13.8 Å². The molecular weight excluding hydrogens is 479 g/mol. The molecule has 0 fully saturated rings. The monoisotopic (exact) mass is 516 g/mol. The van der Waals surface area contributed by atoms with E-state index in [0.717, 1.165) is 38.5 Å². The molecule has 0 saturated carbocycles. The number of rotatable bonds is 18. The largest absolute Gasteiger partial charge is 1.00 e. The molecule has 0 spiro atoms. The molecule has 0 unspecified atom stereocenters. The van der Waals surface area contributed by atoms with Crippen molar-refractivity contribution in [2.75, 3.05) is 25.6 Å². The van der Waals surface area contributed by atoms with Crippen molar-refractivity contribution in [1.82, 2.24) is 0 Å². The number of ether oxygens (including phenoxy) is 3. The van der Waals surface area contributed by atoms with Gasteiger partial charge in [0.15, 0.2) is 0 Å². The molecule has 0 amide bonds. The maximum absolute atomic E-state index is 12.3. The fourth-order valence-corrected chi connectivity index (χ4v) is 3.09. The van der Waals surface area contributed by atoms with Crippen molar-refractivity contribution < 1.29 is 94.4 Å². The second kappa shape index (κ2) is 19.7. The first-order valence-electron chi connectivity index (χ1n) is 10.7. The van der Waals surface area contributed by atoms with Crippen molar-refractivity contribution in [3.05, 3.63) is 24.3 Å². The Morgan fingerprint density at radius 1 is 0.788 bits per heavy atom. The summed E-state index contributed by atoms with van der Waals surface area (Å²) in [5.41, 5.74) is 0.379. The summed E-state index contributed by atoms with van der Waals surface area (Å²) in [6, 6.07) is 0. The molecule has 0 heterocycles. The van der Waals surface area contributed by atoms with E-state index >= 15 is 0 Å². The van der Waals surface area contributed by atoms with Gasteiger partial charge in [0.1, 0.15) is 19.1 Å². The predicted octanol–water partition coefficient (Wildman–Crippen LogP) is 0.510. The summed E-state index contributed by atoms with van der Waals surface area (Å²) in [4.78, 5) is 35.4. The Balaban J connectivity index is -0.00000480. The van der Waals surface area contributed by atoms with E-state index in [-0.39, 0.29) is 89.5 Å². The molecule has 0 atom stereocenters. The molecule has 0 aromatic rings. The molecule has 1 N–H and O–H groups in total. The van der Waals surface area contributed by atoms with Crippen molar-refractivity contribution in [3.8, 4) is 0 Å². The quantitative estimate of drug-likeness (QED) is 0.0691. The van der Waals surface area contributed by atoms with Crippen LogP contribution < -0.4 is 51.4 Å². The average Bonchev–Trinajstić information content (AvgIpc) is 2.70. The normalized spacial score (nSPS) is 10.8. The van der Waals surface area contributed by atoms with Crippen LogP contribution in [0.2, 0.25) is 0 Å². The van der Waals surface area contributed by atoms with Crippen LogP contribution in [0.1, 0.15) is 66.6 Å². The summed E-state index contributed by atoms with van der Waals surface area (Å²) >= 11 is 0. The summed E-state index contributed by atoms with van der Waals surface area (Å²) in [7, 11) is -3.87. The molecule has 0 aliphatic heterocycles. The fraction of sp³-hybridized carbons (Fsp3) is 0.682. The molecule has 0 aromatic heterocycles. The van der Waals surface area contributed by atoms with Gasteiger partial charge in [-0.05, 0) is 26.7 Å². The maximum Gasteiger partial charge on any atom is 1.00 e. The van der Waals surface area contributed by atoms with Gasteiger partial charge < -0.3 is 15.6 Å². The van der Waals surface area contributed by atoms with Gasteiger partial charge in [0, 0.05) is 11.1 Å². The van der Waals surface area contributed by atoms with Crippen LogP contribution in [0.4, 0.5) is 0 Å². The summed E-state index contributed by atoms with van der Waals surface area (Å²) in [5.74, 6) is -3.05. The van der Waals surface area contributed by atoms with E-state index in [2.05, 4.69) is 13.2 Å². The Hall–Kier alpha value is -0.564. The fourth-order valence-electron chi connectivity index (χ4n) is 2.52. The van der Waals surface area contributed by atoms with Gasteiger partial charge >= 0.3 is 69.3 Å². The Morgan fingerprint density at radius 2 is 1.18 bits per heavy atom. The topological polar surface area (TPSA) is 133 Å². The average molecular weight is 517 g/mol. The van der Waals surface area contributed by atoms with Gasteiger partial charge in [-0.15, -0.1) is 0 Å². The van der Waals surface area contributed by atoms with E-state index in [1.807, 2.05) is 0 Å². The summed E-state index contributed by atoms with van der Waals surface area (Å²) in [6.07, 6.45) is 6.54. The molecule has 11 heteroatoms. The zero-order chi connectivity index (χ0) is 24.6. The van der Waals surface area contributed by atoms with Gasteiger partial charge in [0.05, 0.1) is 12.4 Å². The van der Waals surface area contributed by atoms with Crippen LogP contribution in [-0.4, -0.2) is 56.5 Å². The first-order chi connectivity index (χ1) is 14.9. The minimum atomic E-state index is -3.87. The Morgan fingerprint density at radius 3 is 1.58 bits per heavy atom. The zero-order valence-corrected chi connectivity index (χ0v) is 24.0. The number of carbonyl (C=O) groups is 3. The van der Waals surface area contributed by atoms with Crippen LogP contribution in [0.25, 0.3) is 0 Å². The van der Waals surface area contributed by atoms with E-state index in [1.54, 1.807) is 0 Å². The second-order valence-electron chi connectivity index (χ2n) is 7.74. The van der Waals surface area contributed by atoms with Crippen molar-refractivity contribution in [1.29, 1.82) is 0 Å². The number of hydrogen-bond acceptors (Lipinski definition) is 8. The molecule has 0 aromatic carbocycles. The number of unbranched alkanes of at least 4 members (excludes halogenated alkanes) is 7. The molecule has 9 nitrogen and oxygen atoms in total. The molecule has 186 valence electrons. The molecule has 33 heavy (non-hydrogen) atoms. The van der Waals surface area contributed by atoms with Crippen LogP contribution in [-0.2, 0) is 38.7 Å². The SMILES string of the molecule is C=C(C)C(=O)OCC(COC(=O)C(=C)C)C(=O)OCCCCCCCCCCS(=O)(=O)O.[H-].[K+]. The molecule has 0 rings (SSSR count). The van der Waals surface area contributed by atoms with Crippen molar-refractivity contribution in [2.45, 2.75) is 65.2 Å².